The Morgan fingerprint density at radius 3 is 2.25 bits per heavy atom. The minimum Gasteiger partial charge on any atom is -0.461 e. The molecular formula is C15H19F2NO2. The van der Waals surface area contributed by atoms with Crippen molar-refractivity contribution < 1.29 is 18.3 Å². The fraction of sp³-hybridized carbons (Fsp3) is 0.467. The molecular weight excluding hydrogens is 264 g/mol. The maximum Gasteiger partial charge on any atom is 0.381 e. The zero-order valence-electron chi connectivity index (χ0n) is 12.1. The highest BCUT2D eigenvalue weighted by Gasteiger charge is 2.42. The molecule has 1 aromatic rings. The molecule has 0 spiro atoms. The van der Waals surface area contributed by atoms with Gasteiger partial charge in [0, 0.05) is 11.8 Å². The molecule has 0 fully saturated rings. The van der Waals surface area contributed by atoms with Gasteiger partial charge in [-0.2, -0.15) is 8.78 Å². The molecule has 0 N–H and O–H groups in total. The Balaban J connectivity index is 2.91. The summed E-state index contributed by atoms with van der Waals surface area (Å²) in [6.07, 6.45) is 1.62. The quantitative estimate of drug-likeness (QED) is 0.626. The number of hydrogen-bond donors (Lipinski definition) is 0. The number of halogens is 2. The first-order chi connectivity index (χ1) is 9.16. The van der Waals surface area contributed by atoms with Gasteiger partial charge >= 0.3 is 11.9 Å². The van der Waals surface area contributed by atoms with Crippen LogP contribution in [0.1, 0.15) is 38.8 Å². The third kappa shape index (κ3) is 4.40. The molecule has 110 valence electrons. The van der Waals surface area contributed by atoms with Gasteiger partial charge in [0.1, 0.15) is 0 Å². The van der Waals surface area contributed by atoms with Crippen molar-refractivity contribution in [3.63, 3.8) is 0 Å². The highest BCUT2D eigenvalue weighted by molar-refractivity contribution is 5.82. The molecule has 0 atom stereocenters. The van der Waals surface area contributed by atoms with Gasteiger partial charge in [-0.05, 0) is 33.3 Å². The standard InChI is InChI=1S/C15H19F2NO2/c1-5-20-13(19)15(16,17)12-8-6-11(7-9-12)10-18-14(2,3)4/h6-10H,5H2,1-4H3. The summed E-state index contributed by atoms with van der Waals surface area (Å²) >= 11 is 0. The van der Waals surface area contributed by atoms with Crippen LogP contribution in [0.3, 0.4) is 0 Å². The van der Waals surface area contributed by atoms with E-state index in [1.54, 1.807) is 6.21 Å². The Kier molecular flexibility index (Phi) is 4.98. The van der Waals surface area contributed by atoms with Gasteiger partial charge in [0.25, 0.3) is 0 Å². The van der Waals surface area contributed by atoms with Gasteiger partial charge in [0.05, 0.1) is 12.1 Å². The first-order valence-electron chi connectivity index (χ1n) is 6.37. The largest absolute Gasteiger partial charge is 0.461 e. The van der Waals surface area contributed by atoms with Crippen molar-refractivity contribution >= 4 is 12.2 Å². The first kappa shape index (κ1) is 16.3. The zero-order chi connectivity index (χ0) is 15.4. The summed E-state index contributed by atoms with van der Waals surface area (Å²) in [5.41, 5.74) is 0.0836. The number of benzene rings is 1. The number of hydrogen-bond acceptors (Lipinski definition) is 3. The highest BCUT2D eigenvalue weighted by Crippen LogP contribution is 2.29. The lowest BCUT2D eigenvalue weighted by Gasteiger charge is -2.15. The van der Waals surface area contributed by atoms with Crippen molar-refractivity contribution in [3.8, 4) is 0 Å². The van der Waals surface area contributed by atoms with Crippen molar-refractivity contribution in [2.75, 3.05) is 6.61 Å². The molecule has 0 saturated heterocycles. The number of rotatable bonds is 4. The Morgan fingerprint density at radius 2 is 1.80 bits per heavy atom. The van der Waals surface area contributed by atoms with Gasteiger partial charge in [0.15, 0.2) is 0 Å². The lowest BCUT2D eigenvalue weighted by Crippen LogP contribution is -2.28. The number of carbonyl (C=O) groups is 1. The average molecular weight is 283 g/mol. The summed E-state index contributed by atoms with van der Waals surface area (Å²) in [6.45, 7) is 7.22. The number of nitrogens with zero attached hydrogens (tertiary/aromatic N) is 1. The van der Waals surface area contributed by atoms with Gasteiger partial charge in [-0.1, -0.05) is 24.3 Å². The van der Waals surface area contributed by atoms with Crippen LogP contribution in [0.2, 0.25) is 0 Å². The van der Waals surface area contributed by atoms with Gasteiger partial charge in [-0.25, -0.2) is 4.79 Å². The van der Waals surface area contributed by atoms with E-state index in [4.69, 9.17) is 0 Å². The Morgan fingerprint density at radius 1 is 1.25 bits per heavy atom. The van der Waals surface area contributed by atoms with E-state index in [0.29, 0.717) is 5.56 Å². The van der Waals surface area contributed by atoms with Crippen LogP contribution in [0.5, 0.6) is 0 Å². The molecule has 0 unspecified atom stereocenters. The third-order valence-corrected chi connectivity index (χ3v) is 2.41. The second kappa shape index (κ2) is 6.11. The second-order valence-electron chi connectivity index (χ2n) is 5.35. The van der Waals surface area contributed by atoms with Crippen LogP contribution >= 0.6 is 0 Å². The second-order valence-corrected chi connectivity index (χ2v) is 5.35. The summed E-state index contributed by atoms with van der Waals surface area (Å²) < 4.78 is 31.8. The fourth-order valence-electron chi connectivity index (χ4n) is 1.39. The van der Waals surface area contributed by atoms with Gasteiger partial charge in [0.2, 0.25) is 0 Å². The molecule has 0 saturated carbocycles. The summed E-state index contributed by atoms with van der Waals surface area (Å²) in [5, 5.41) is 0. The van der Waals surface area contributed by atoms with Crippen molar-refractivity contribution in [2.45, 2.75) is 39.2 Å². The maximum atomic E-state index is 13.7. The van der Waals surface area contributed by atoms with Gasteiger partial charge in [-0.15, -0.1) is 0 Å². The van der Waals surface area contributed by atoms with Crippen molar-refractivity contribution in [1.82, 2.24) is 0 Å². The van der Waals surface area contributed by atoms with E-state index in [1.165, 1.54) is 31.2 Å². The van der Waals surface area contributed by atoms with E-state index in [0.717, 1.165) is 0 Å². The smallest absolute Gasteiger partial charge is 0.381 e. The molecule has 0 aliphatic rings. The molecule has 20 heavy (non-hydrogen) atoms. The monoisotopic (exact) mass is 283 g/mol. The van der Waals surface area contributed by atoms with Crippen molar-refractivity contribution in [1.29, 1.82) is 0 Å². The summed E-state index contributed by atoms with van der Waals surface area (Å²) in [5.74, 6) is -5.16. The van der Waals surface area contributed by atoms with Gasteiger partial charge in [-0.3, -0.25) is 4.99 Å². The van der Waals surface area contributed by atoms with Crippen LogP contribution in [0.4, 0.5) is 8.78 Å². The van der Waals surface area contributed by atoms with E-state index in [-0.39, 0.29) is 17.7 Å². The minimum absolute atomic E-state index is 0.0786. The number of alkyl halides is 2. The first-order valence-corrected chi connectivity index (χ1v) is 6.37. The van der Waals surface area contributed by atoms with Crippen molar-refractivity contribution in [3.05, 3.63) is 35.4 Å². The van der Waals surface area contributed by atoms with E-state index >= 15 is 0 Å². The Hall–Kier alpha value is -1.78. The molecule has 0 aliphatic carbocycles. The molecule has 0 radical (unpaired) electrons. The maximum absolute atomic E-state index is 13.7. The summed E-state index contributed by atoms with van der Waals surface area (Å²) in [7, 11) is 0. The average Bonchev–Trinajstić information content (AvgIpc) is 2.36. The molecule has 0 aliphatic heterocycles. The molecule has 0 amide bonds. The molecule has 5 heteroatoms. The van der Waals surface area contributed by atoms with E-state index < -0.39 is 11.9 Å². The van der Waals surface area contributed by atoms with Crippen LogP contribution < -0.4 is 0 Å². The summed E-state index contributed by atoms with van der Waals surface area (Å²) in [6, 6.07) is 5.41. The van der Waals surface area contributed by atoms with Crippen molar-refractivity contribution in [2.24, 2.45) is 4.99 Å². The van der Waals surface area contributed by atoms with Crippen LogP contribution in [-0.4, -0.2) is 24.3 Å². The third-order valence-electron chi connectivity index (χ3n) is 2.41. The fourth-order valence-corrected chi connectivity index (χ4v) is 1.39. The molecule has 0 aromatic heterocycles. The highest BCUT2D eigenvalue weighted by atomic mass is 19.3. The molecule has 1 aromatic carbocycles. The lowest BCUT2D eigenvalue weighted by atomic mass is 10.1. The van der Waals surface area contributed by atoms with E-state index in [2.05, 4.69) is 9.73 Å². The van der Waals surface area contributed by atoms with Gasteiger partial charge < -0.3 is 4.74 Å². The molecule has 1 rings (SSSR count). The number of carbonyl (C=O) groups excluding carboxylic acids is 1. The predicted octanol–water partition coefficient (Wildman–Crippen LogP) is 3.56. The number of ether oxygens (including phenoxy) is 1. The number of esters is 1. The van der Waals surface area contributed by atoms with Crippen LogP contribution in [0.25, 0.3) is 0 Å². The Labute approximate surface area is 117 Å². The lowest BCUT2D eigenvalue weighted by molar-refractivity contribution is -0.173. The number of aliphatic imine (C=N–C) groups is 1. The normalized spacial score (nSPS) is 12.7. The SMILES string of the molecule is CCOC(=O)C(F)(F)c1ccc(C=NC(C)(C)C)cc1. The van der Waals surface area contributed by atoms with E-state index in [1.807, 2.05) is 20.8 Å². The topological polar surface area (TPSA) is 38.7 Å². The van der Waals surface area contributed by atoms with Crippen LogP contribution in [-0.2, 0) is 15.5 Å². The van der Waals surface area contributed by atoms with E-state index in [9.17, 15) is 13.6 Å². The zero-order valence-corrected chi connectivity index (χ0v) is 12.1. The minimum atomic E-state index is -3.63. The van der Waals surface area contributed by atoms with Crippen LogP contribution in [0.15, 0.2) is 29.3 Å². The summed E-state index contributed by atoms with van der Waals surface area (Å²) in [4.78, 5) is 15.5. The molecule has 0 bridgehead atoms. The molecule has 3 nitrogen and oxygen atoms in total. The predicted molar refractivity (Wildman–Crippen MR) is 74.3 cm³/mol. The molecule has 0 heterocycles. The Bertz CT molecular complexity index is 488. The van der Waals surface area contributed by atoms with Crippen LogP contribution in [0, 0.1) is 0 Å².